The van der Waals surface area contributed by atoms with Crippen LogP contribution in [0.2, 0.25) is 0 Å². The number of carboxylic acid groups (broad SMARTS) is 1. The molecule has 6 heteroatoms. The summed E-state index contributed by atoms with van der Waals surface area (Å²) in [4.78, 5) is 13.4. The van der Waals surface area contributed by atoms with Gasteiger partial charge in [0, 0.05) is 9.37 Å². The lowest BCUT2D eigenvalue weighted by molar-refractivity contribution is 0.0686. The summed E-state index contributed by atoms with van der Waals surface area (Å²) in [6, 6.07) is 1.59. The number of H-pyrrole nitrogens is 1. The van der Waals surface area contributed by atoms with Gasteiger partial charge in [-0.2, -0.15) is 0 Å². The molecule has 2 N–H and O–H groups in total. The number of rotatable bonds is 1. The van der Waals surface area contributed by atoms with Crippen molar-refractivity contribution >= 4 is 46.7 Å². The van der Waals surface area contributed by atoms with Gasteiger partial charge in [0.2, 0.25) is 0 Å². The molecule has 64 valence electrons. The molecule has 0 saturated carbocycles. The first-order valence-corrected chi connectivity index (χ1v) is 4.52. The highest BCUT2D eigenvalue weighted by atomic mass is 79.9. The van der Waals surface area contributed by atoms with Crippen LogP contribution in [-0.2, 0) is 0 Å². The minimum absolute atomic E-state index is 0.00212. The van der Waals surface area contributed by atoms with Gasteiger partial charge in [0.15, 0.2) is 0 Å². The van der Waals surface area contributed by atoms with Crippen LogP contribution in [0.4, 0.5) is 0 Å². The lowest BCUT2D eigenvalue weighted by atomic mass is 10.3. The van der Waals surface area contributed by atoms with Gasteiger partial charge in [-0.3, -0.25) is 0 Å². The minimum Gasteiger partial charge on any atom is -0.477 e. The zero-order valence-corrected chi connectivity index (χ0v) is 8.96. The van der Waals surface area contributed by atoms with Crippen molar-refractivity contribution in [2.75, 3.05) is 0 Å². The fourth-order valence-corrected chi connectivity index (χ4v) is 1.69. The zero-order chi connectivity index (χ0) is 9.30. The van der Waals surface area contributed by atoms with Gasteiger partial charge in [-0.25, -0.2) is 4.79 Å². The van der Waals surface area contributed by atoms with Gasteiger partial charge >= 0.3 is 5.97 Å². The Morgan fingerprint density at radius 2 is 2.33 bits per heavy atom. The minimum atomic E-state index is -1.08. The van der Waals surface area contributed by atoms with E-state index in [-0.39, 0.29) is 5.69 Å². The molecule has 0 aliphatic rings. The summed E-state index contributed by atoms with van der Waals surface area (Å²) in [5, 5.41) is 8.67. The third-order valence-electron chi connectivity index (χ3n) is 1.18. The number of aromatic carboxylic acids is 1. The van der Waals surface area contributed by atoms with Gasteiger partial charge in [-0.1, -0.05) is 12.2 Å². The molecule has 0 bridgehead atoms. The molecule has 0 unspecified atom stereocenters. The monoisotopic (exact) mass is 265 g/mol. The van der Waals surface area contributed by atoms with Crippen molar-refractivity contribution in [1.82, 2.24) is 4.98 Å². The molecule has 0 amide bonds. The molecule has 3 nitrogen and oxygen atoms in total. The summed E-state index contributed by atoms with van der Waals surface area (Å²) in [6.07, 6.45) is 0. The lowest BCUT2D eigenvalue weighted by Gasteiger charge is -2.01. The van der Waals surface area contributed by atoms with E-state index in [0.717, 1.165) is 0 Å². The number of hydrogen-bond acceptors (Lipinski definition) is 3. The van der Waals surface area contributed by atoms with E-state index in [1.165, 1.54) is 0 Å². The van der Waals surface area contributed by atoms with Crippen LogP contribution in [0, 0.1) is 4.64 Å². The summed E-state index contributed by atoms with van der Waals surface area (Å²) >= 11 is 11.9. The van der Waals surface area contributed by atoms with Crippen LogP contribution in [0.1, 0.15) is 10.5 Å². The number of nitrogens with one attached hydrogen (secondary N) is 1. The second-order valence-electron chi connectivity index (χ2n) is 2.01. The zero-order valence-electron chi connectivity index (χ0n) is 5.67. The van der Waals surface area contributed by atoms with E-state index in [9.17, 15) is 4.79 Å². The van der Waals surface area contributed by atoms with E-state index in [0.29, 0.717) is 14.0 Å². The van der Waals surface area contributed by atoms with E-state index in [1.54, 1.807) is 6.07 Å². The van der Waals surface area contributed by atoms with Crippen LogP contribution < -0.4 is 0 Å². The van der Waals surface area contributed by atoms with Crippen molar-refractivity contribution in [1.29, 1.82) is 0 Å². The molecule has 0 radical (unpaired) electrons. The average Bonchev–Trinajstić information content (AvgIpc) is 1.96. The van der Waals surface area contributed by atoms with E-state index >= 15 is 0 Å². The standard InChI is InChI=1S/C6H4BrNO2S2/c7-2-1-3(11)8-4(5(2)12)6(9)10/h1,12H,(H,8,11)(H,9,10). The predicted octanol–water partition coefficient (Wildman–Crippen LogP) is 2.49. The average molecular weight is 266 g/mol. The Morgan fingerprint density at radius 1 is 1.75 bits per heavy atom. The van der Waals surface area contributed by atoms with Crippen LogP contribution in [0.25, 0.3) is 0 Å². The van der Waals surface area contributed by atoms with Crippen LogP contribution in [-0.4, -0.2) is 16.1 Å². The van der Waals surface area contributed by atoms with Crippen molar-refractivity contribution in [2.24, 2.45) is 0 Å². The number of thiol groups is 1. The SMILES string of the molecule is O=C(O)c1[nH]c(=S)cc(Br)c1S. The molecule has 0 aliphatic carbocycles. The fraction of sp³-hybridized carbons (Fsp3) is 0. The van der Waals surface area contributed by atoms with Crippen molar-refractivity contribution < 1.29 is 9.90 Å². The van der Waals surface area contributed by atoms with Crippen LogP contribution in [0.5, 0.6) is 0 Å². The number of pyridine rings is 1. The normalized spacial score (nSPS) is 9.83. The molecule has 0 aromatic carbocycles. The lowest BCUT2D eigenvalue weighted by Crippen LogP contribution is -2.02. The third kappa shape index (κ3) is 1.88. The summed E-state index contributed by atoms with van der Waals surface area (Å²) in [5.41, 5.74) is -0.00212. The van der Waals surface area contributed by atoms with Crippen molar-refractivity contribution in [3.63, 3.8) is 0 Å². The molecular formula is C6H4BrNO2S2. The number of aromatic amines is 1. The van der Waals surface area contributed by atoms with Crippen molar-refractivity contribution in [3.8, 4) is 0 Å². The molecule has 1 rings (SSSR count). The number of carbonyl (C=O) groups is 1. The number of aromatic nitrogens is 1. The first-order chi connectivity index (χ1) is 5.52. The van der Waals surface area contributed by atoms with Gasteiger partial charge in [-0.15, -0.1) is 12.6 Å². The molecule has 1 aromatic rings. The Bertz CT molecular complexity index is 388. The second-order valence-corrected chi connectivity index (χ2v) is 3.75. The molecule has 0 aliphatic heterocycles. The molecule has 1 heterocycles. The van der Waals surface area contributed by atoms with E-state index in [4.69, 9.17) is 17.3 Å². The molecular weight excluding hydrogens is 262 g/mol. The number of carboxylic acids is 1. The Morgan fingerprint density at radius 3 is 2.83 bits per heavy atom. The summed E-state index contributed by atoms with van der Waals surface area (Å²) in [7, 11) is 0. The van der Waals surface area contributed by atoms with Gasteiger partial charge in [0.1, 0.15) is 10.3 Å². The largest absolute Gasteiger partial charge is 0.477 e. The Balaban J connectivity index is 3.48. The van der Waals surface area contributed by atoms with E-state index in [2.05, 4.69) is 33.5 Å². The highest BCUT2D eigenvalue weighted by Crippen LogP contribution is 2.22. The number of halogens is 1. The maximum Gasteiger partial charge on any atom is 0.353 e. The van der Waals surface area contributed by atoms with Gasteiger partial charge in [-0.05, 0) is 22.0 Å². The fourth-order valence-electron chi connectivity index (χ4n) is 0.676. The summed E-state index contributed by atoms with van der Waals surface area (Å²) in [5.74, 6) is -1.08. The highest BCUT2D eigenvalue weighted by Gasteiger charge is 2.10. The van der Waals surface area contributed by atoms with Gasteiger partial charge in [0.25, 0.3) is 0 Å². The number of hydrogen-bond donors (Lipinski definition) is 3. The Hall–Kier alpha value is -0.330. The maximum atomic E-state index is 10.6. The van der Waals surface area contributed by atoms with Gasteiger partial charge in [0.05, 0.1) is 0 Å². The topological polar surface area (TPSA) is 53.1 Å². The highest BCUT2D eigenvalue weighted by molar-refractivity contribution is 9.10. The first kappa shape index (κ1) is 9.76. The van der Waals surface area contributed by atoms with Crippen LogP contribution in [0.15, 0.2) is 15.4 Å². The molecule has 0 spiro atoms. The summed E-state index contributed by atoms with van der Waals surface area (Å²) < 4.78 is 0.934. The smallest absolute Gasteiger partial charge is 0.353 e. The molecule has 0 fully saturated rings. The predicted molar refractivity (Wildman–Crippen MR) is 53.5 cm³/mol. The second kappa shape index (κ2) is 3.59. The molecule has 0 atom stereocenters. The van der Waals surface area contributed by atoms with Crippen molar-refractivity contribution in [2.45, 2.75) is 4.90 Å². The maximum absolute atomic E-state index is 10.6. The Kier molecular flexibility index (Phi) is 2.92. The molecule has 0 saturated heterocycles. The van der Waals surface area contributed by atoms with Crippen LogP contribution in [0.3, 0.4) is 0 Å². The quantitative estimate of drug-likeness (QED) is 0.540. The summed E-state index contributed by atoms with van der Waals surface area (Å²) in [6.45, 7) is 0. The first-order valence-electron chi connectivity index (χ1n) is 2.87. The Labute approximate surface area is 87.4 Å². The molecule has 1 aromatic heterocycles. The van der Waals surface area contributed by atoms with E-state index < -0.39 is 5.97 Å². The third-order valence-corrected chi connectivity index (χ3v) is 2.80. The van der Waals surface area contributed by atoms with E-state index in [1.807, 2.05) is 0 Å². The van der Waals surface area contributed by atoms with Gasteiger partial charge < -0.3 is 10.1 Å². The molecule has 12 heavy (non-hydrogen) atoms. The van der Waals surface area contributed by atoms with Crippen molar-refractivity contribution in [3.05, 3.63) is 20.9 Å². The van der Waals surface area contributed by atoms with Crippen LogP contribution >= 0.6 is 40.8 Å².